The molecule has 3 aliphatic rings. The van der Waals surface area contributed by atoms with E-state index < -0.39 is 10.8 Å². The molecule has 77 heavy (non-hydrogen) atoms. The Hall–Kier alpha value is -8.67. The Labute approximate surface area is 452 Å². The lowest BCUT2D eigenvalue weighted by molar-refractivity contribution is 0.483. The van der Waals surface area contributed by atoms with Crippen LogP contribution in [0.3, 0.4) is 0 Å². The zero-order valence-corrected chi connectivity index (χ0v) is 44.2. The van der Waals surface area contributed by atoms with Gasteiger partial charge in [0.25, 0.3) is 0 Å². The Morgan fingerprint density at radius 1 is 0.455 bits per heavy atom. The standard InChI is InChI=1S/C72H62N4O/c1-70(2,3)54-42-45-73-68(46-54)76-64-37-15-12-32-58(64)59-41-40-57(48-67(59)76)77-56-31-18-30-55(47-56)74-49-75(66-39-17-16-38-65(66)74)69-62(71(52-26-6-4-7-27-52)43-20-24-50-22-10-13-33-60(50)71)35-19-36-63(69)72(53-28-8-5-9-29-53)44-21-25-51-23-11-14-34-61(51)72/h4-19,22-23,26-42,45-48H,20-21,24-25,43-44,49H2,1-3H3. The second-order valence-electron chi connectivity index (χ2n) is 22.5. The Morgan fingerprint density at radius 3 is 1.66 bits per heavy atom. The van der Waals surface area contributed by atoms with Gasteiger partial charge in [0.1, 0.15) is 24.0 Å². The highest BCUT2D eigenvalue weighted by atomic mass is 16.5. The summed E-state index contributed by atoms with van der Waals surface area (Å²) < 4.78 is 9.25. The van der Waals surface area contributed by atoms with E-state index in [0.29, 0.717) is 6.67 Å². The number of para-hydroxylation sites is 4. The molecule has 0 bridgehead atoms. The number of fused-ring (bicyclic) bond motifs is 6. The summed E-state index contributed by atoms with van der Waals surface area (Å²) in [6.45, 7) is 7.37. The lowest BCUT2D eigenvalue weighted by Crippen LogP contribution is -2.39. The number of anilines is 4. The van der Waals surface area contributed by atoms with Gasteiger partial charge < -0.3 is 14.5 Å². The average Bonchev–Trinajstić information content (AvgIpc) is 4.06. The van der Waals surface area contributed by atoms with E-state index in [1.54, 1.807) is 0 Å². The highest BCUT2D eigenvalue weighted by Crippen LogP contribution is 2.59. The molecule has 2 aliphatic carbocycles. The maximum Gasteiger partial charge on any atom is 0.137 e. The van der Waals surface area contributed by atoms with Crippen LogP contribution >= 0.6 is 0 Å². The van der Waals surface area contributed by atoms with Crippen LogP contribution < -0.4 is 14.5 Å². The number of benzene rings is 9. The van der Waals surface area contributed by atoms with E-state index in [4.69, 9.17) is 9.72 Å². The fraction of sp³-hybridized carbons (Fsp3) is 0.181. The second kappa shape index (κ2) is 18.6. The summed E-state index contributed by atoms with van der Waals surface area (Å²) in [5.74, 6) is 2.44. The molecule has 2 aromatic heterocycles. The van der Waals surface area contributed by atoms with E-state index in [9.17, 15) is 0 Å². The van der Waals surface area contributed by atoms with Gasteiger partial charge in [-0.15, -0.1) is 0 Å². The van der Waals surface area contributed by atoms with Crippen LogP contribution in [0.15, 0.2) is 237 Å². The van der Waals surface area contributed by atoms with E-state index in [2.05, 4.69) is 266 Å². The molecule has 0 spiro atoms. The van der Waals surface area contributed by atoms with Gasteiger partial charge in [-0.25, -0.2) is 4.98 Å². The summed E-state index contributed by atoms with van der Waals surface area (Å²) in [4.78, 5) is 10.1. The number of aromatic nitrogens is 2. The number of pyridine rings is 1. The van der Waals surface area contributed by atoms with Crippen molar-refractivity contribution in [3.05, 3.63) is 287 Å². The van der Waals surface area contributed by atoms with Crippen molar-refractivity contribution in [2.45, 2.75) is 75.5 Å². The number of ether oxygens (including phenoxy) is 1. The average molecular weight is 999 g/mol. The molecule has 5 heteroatoms. The molecule has 3 heterocycles. The van der Waals surface area contributed by atoms with Gasteiger partial charge in [-0.05, 0) is 149 Å². The van der Waals surface area contributed by atoms with E-state index >= 15 is 0 Å². The van der Waals surface area contributed by atoms with Crippen LogP contribution in [-0.4, -0.2) is 16.2 Å². The number of rotatable bonds is 9. The molecule has 0 amide bonds. The van der Waals surface area contributed by atoms with Gasteiger partial charge >= 0.3 is 0 Å². The molecule has 1 aliphatic heterocycles. The molecular weight excluding hydrogens is 937 g/mol. The molecule has 0 fully saturated rings. The summed E-state index contributed by atoms with van der Waals surface area (Å²) >= 11 is 0. The molecule has 14 rings (SSSR count). The van der Waals surface area contributed by atoms with Crippen molar-refractivity contribution in [1.29, 1.82) is 0 Å². The van der Waals surface area contributed by atoms with Crippen molar-refractivity contribution >= 4 is 44.6 Å². The lowest BCUT2D eigenvalue weighted by atomic mass is 9.58. The predicted octanol–water partition coefficient (Wildman–Crippen LogP) is 17.9. The summed E-state index contributed by atoms with van der Waals surface area (Å²) in [6.07, 6.45) is 8.27. The van der Waals surface area contributed by atoms with Crippen LogP contribution in [0.25, 0.3) is 27.6 Å². The first-order valence-corrected chi connectivity index (χ1v) is 27.6. The van der Waals surface area contributed by atoms with E-state index in [-0.39, 0.29) is 5.41 Å². The van der Waals surface area contributed by atoms with Crippen molar-refractivity contribution < 1.29 is 4.74 Å². The zero-order chi connectivity index (χ0) is 51.7. The van der Waals surface area contributed by atoms with Crippen molar-refractivity contribution in [3.63, 3.8) is 0 Å². The third kappa shape index (κ3) is 7.61. The largest absolute Gasteiger partial charge is 0.457 e. The Balaban J connectivity index is 0.934. The van der Waals surface area contributed by atoms with Gasteiger partial charge in [0, 0.05) is 45.6 Å². The minimum atomic E-state index is -0.415. The maximum absolute atomic E-state index is 6.96. The third-order valence-corrected chi connectivity index (χ3v) is 17.3. The maximum atomic E-state index is 6.96. The van der Waals surface area contributed by atoms with Gasteiger partial charge in [0.2, 0.25) is 0 Å². The van der Waals surface area contributed by atoms with Crippen LogP contribution in [0.2, 0.25) is 0 Å². The van der Waals surface area contributed by atoms with Crippen LogP contribution in [0.1, 0.15) is 96.5 Å². The summed E-state index contributed by atoms with van der Waals surface area (Å²) in [6, 6.07) is 85.9. The molecule has 2 atom stereocenters. The molecule has 5 nitrogen and oxygen atoms in total. The number of aryl methyl sites for hydroxylation is 2. The van der Waals surface area contributed by atoms with Crippen LogP contribution in [0.5, 0.6) is 11.5 Å². The van der Waals surface area contributed by atoms with Crippen molar-refractivity contribution in [2.75, 3.05) is 16.5 Å². The van der Waals surface area contributed by atoms with Crippen LogP contribution in [0, 0.1) is 0 Å². The monoisotopic (exact) mass is 998 g/mol. The second-order valence-corrected chi connectivity index (χ2v) is 22.5. The van der Waals surface area contributed by atoms with E-state index in [1.165, 1.54) is 66.8 Å². The van der Waals surface area contributed by atoms with Gasteiger partial charge in [-0.2, -0.15) is 0 Å². The van der Waals surface area contributed by atoms with Crippen LogP contribution in [-0.2, 0) is 29.1 Å². The SMILES string of the molecule is CC(C)(C)c1ccnc(-n2c3ccccc3c3ccc(Oc4cccc(N5CN(c6c(C7(c8ccccc8)CCCc8ccccc87)cccc6C6(c7ccccc7)CCCc7ccccc76)c6ccccc65)c4)cc32)c1. The molecule has 376 valence electrons. The minimum Gasteiger partial charge on any atom is -0.457 e. The van der Waals surface area contributed by atoms with E-state index in [0.717, 1.165) is 83.6 Å². The zero-order valence-electron chi connectivity index (χ0n) is 44.2. The van der Waals surface area contributed by atoms with E-state index in [1.807, 2.05) is 6.20 Å². The van der Waals surface area contributed by atoms with Gasteiger partial charge in [-0.3, -0.25) is 4.57 Å². The summed E-state index contributed by atoms with van der Waals surface area (Å²) in [5.41, 5.74) is 18.4. The topological polar surface area (TPSA) is 33.5 Å². The van der Waals surface area contributed by atoms with Crippen LogP contribution in [0.4, 0.5) is 22.7 Å². The first-order valence-electron chi connectivity index (χ1n) is 27.6. The summed E-state index contributed by atoms with van der Waals surface area (Å²) in [7, 11) is 0. The molecular formula is C72H62N4O. The third-order valence-electron chi connectivity index (χ3n) is 17.3. The Kier molecular flexibility index (Phi) is 11.3. The lowest BCUT2D eigenvalue weighted by Gasteiger charge is -2.47. The molecule has 0 radical (unpaired) electrons. The molecule has 11 aromatic rings. The normalized spacial score (nSPS) is 18.0. The van der Waals surface area contributed by atoms with Gasteiger partial charge in [0.05, 0.1) is 28.1 Å². The number of hydrogen-bond acceptors (Lipinski definition) is 4. The highest BCUT2D eigenvalue weighted by Gasteiger charge is 2.48. The molecule has 0 saturated carbocycles. The fourth-order valence-electron chi connectivity index (χ4n) is 13.9. The molecule has 0 N–H and O–H groups in total. The highest BCUT2D eigenvalue weighted by molar-refractivity contribution is 6.09. The molecule has 2 unspecified atom stereocenters. The quantitative estimate of drug-likeness (QED) is 0.144. The number of nitrogens with zero attached hydrogens (tertiary/aromatic N) is 4. The van der Waals surface area contributed by atoms with Gasteiger partial charge in [0.15, 0.2) is 0 Å². The smallest absolute Gasteiger partial charge is 0.137 e. The van der Waals surface area contributed by atoms with Crippen molar-refractivity contribution in [3.8, 4) is 17.3 Å². The first-order chi connectivity index (χ1) is 37.8. The number of hydrogen-bond donors (Lipinski definition) is 0. The van der Waals surface area contributed by atoms with Crippen molar-refractivity contribution in [2.24, 2.45) is 0 Å². The van der Waals surface area contributed by atoms with Crippen molar-refractivity contribution in [1.82, 2.24) is 9.55 Å². The summed E-state index contributed by atoms with van der Waals surface area (Å²) in [5, 5.41) is 2.35. The predicted molar refractivity (Wildman–Crippen MR) is 317 cm³/mol. The fourth-order valence-corrected chi connectivity index (χ4v) is 13.9. The van der Waals surface area contributed by atoms with Gasteiger partial charge in [-0.1, -0.05) is 185 Å². The Morgan fingerprint density at radius 2 is 1.00 bits per heavy atom. The minimum absolute atomic E-state index is 0.0216. The Bertz CT molecular complexity index is 3900. The first kappa shape index (κ1) is 46.8. The molecule has 9 aromatic carbocycles. The molecule has 0 saturated heterocycles.